The molecule has 0 radical (unpaired) electrons. The maximum Gasteiger partial charge on any atom is 0.299 e. The molecule has 0 spiro atoms. The highest BCUT2D eigenvalue weighted by molar-refractivity contribution is 7.90. The summed E-state index contributed by atoms with van der Waals surface area (Å²) in [7, 11) is -3.58. The van der Waals surface area contributed by atoms with E-state index in [4.69, 9.17) is 18.0 Å². The van der Waals surface area contributed by atoms with Crippen molar-refractivity contribution in [3.63, 3.8) is 0 Å². The first-order chi connectivity index (χ1) is 8.21. The van der Waals surface area contributed by atoms with Gasteiger partial charge in [0.2, 0.25) is 0 Å². The van der Waals surface area contributed by atoms with Crippen LogP contribution in [0.1, 0.15) is 25.0 Å². The van der Waals surface area contributed by atoms with E-state index in [-0.39, 0.29) is 11.0 Å². The second-order valence-electron chi connectivity index (χ2n) is 4.27. The zero-order valence-electron chi connectivity index (χ0n) is 10.5. The molecule has 5 nitrogen and oxygen atoms in total. The molecule has 1 aromatic rings. The number of hydrogen-bond donors (Lipinski definition) is 3. The first-order valence-electron chi connectivity index (χ1n) is 5.42. The molecule has 1 rings (SSSR count). The van der Waals surface area contributed by atoms with Gasteiger partial charge in [-0.25, -0.2) is 0 Å². The average Bonchev–Trinajstić information content (AvgIpc) is 2.18. The number of hydrogen-bond acceptors (Lipinski definition) is 3. The van der Waals surface area contributed by atoms with Crippen LogP contribution >= 0.6 is 12.2 Å². The molecule has 0 aliphatic carbocycles. The molecule has 100 valence electrons. The molecule has 0 fully saturated rings. The Morgan fingerprint density at radius 3 is 2.50 bits per heavy atom. The summed E-state index contributed by atoms with van der Waals surface area (Å²) in [6.45, 7) is 5.30. The van der Waals surface area contributed by atoms with Gasteiger partial charge in [-0.1, -0.05) is 24.4 Å². The molecule has 1 aromatic carbocycles. The molecule has 0 heterocycles. The zero-order chi connectivity index (χ0) is 13.9. The lowest BCUT2D eigenvalue weighted by Crippen LogP contribution is -2.35. The first kappa shape index (κ1) is 14.9. The van der Waals surface area contributed by atoms with Crippen LogP contribution in [0.4, 0.5) is 5.69 Å². The van der Waals surface area contributed by atoms with Crippen LogP contribution in [0.15, 0.2) is 18.2 Å². The van der Waals surface area contributed by atoms with Crippen LogP contribution in [0.2, 0.25) is 0 Å². The van der Waals surface area contributed by atoms with Crippen molar-refractivity contribution in [1.82, 2.24) is 4.72 Å². The van der Waals surface area contributed by atoms with Crippen LogP contribution in [-0.4, -0.2) is 19.4 Å². The number of nitrogens with two attached hydrogens (primary N) is 1. The summed E-state index contributed by atoms with van der Waals surface area (Å²) >= 11 is 4.86. The third-order valence-electron chi connectivity index (χ3n) is 2.16. The molecular formula is C11H17N3O2S2. The molecular weight excluding hydrogens is 270 g/mol. The fraction of sp³-hybridized carbons (Fsp3) is 0.364. The number of aryl methyl sites for hydroxylation is 1. The van der Waals surface area contributed by atoms with Crippen molar-refractivity contribution in [3.8, 4) is 0 Å². The minimum Gasteiger partial charge on any atom is -0.389 e. The van der Waals surface area contributed by atoms with Crippen molar-refractivity contribution >= 4 is 33.1 Å². The van der Waals surface area contributed by atoms with E-state index in [0.29, 0.717) is 11.3 Å². The second-order valence-corrected chi connectivity index (χ2v) is 6.16. The number of nitrogens with one attached hydrogen (secondary N) is 2. The molecule has 0 bridgehead atoms. The summed E-state index contributed by atoms with van der Waals surface area (Å²) in [6.07, 6.45) is 0. The molecule has 0 atom stereocenters. The largest absolute Gasteiger partial charge is 0.389 e. The molecule has 0 saturated carbocycles. The van der Waals surface area contributed by atoms with Gasteiger partial charge >= 0.3 is 0 Å². The molecule has 0 amide bonds. The Kier molecular flexibility index (Phi) is 4.66. The summed E-state index contributed by atoms with van der Waals surface area (Å²) in [4.78, 5) is 0.229. The van der Waals surface area contributed by atoms with Gasteiger partial charge in [-0.15, -0.1) is 0 Å². The van der Waals surface area contributed by atoms with Gasteiger partial charge in [-0.05, 0) is 32.4 Å². The lowest BCUT2D eigenvalue weighted by Gasteiger charge is -2.14. The highest BCUT2D eigenvalue weighted by Gasteiger charge is 2.13. The van der Waals surface area contributed by atoms with E-state index in [0.717, 1.165) is 5.56 Å². The Balaban J connectivity index is 3.04. The lowest BCUT2D eigenvalue weighted by molar-refractivity contribution is 0.575. The number of thiocarbonyl (C=S) groups is 1. The Hall–Kier alpha value is -1.18. The fourth-order valence-electron chi connectivity index (χ4n) is 1.37. The quantitative estimate of drug-likeness (QED) is 0.712. The van der Waals surface area contributed by atoms with E-state index in [1.54, 1.807) is 39.0 Å². The van der Waals surface area contributed by atoms with E-state index in [1.807, 2.05) is 0 Å². The van der Waals surface area contributed by atoms with E-state index in [1.165, 1.54) is 0 Å². The van der Waals surface area contributed by atoms with Gasteiger partial charge < -0.3 is 5.73 Å². The summed E-state index contributed by atoms with van der Waals surface area (Å²) in [6, 6.07) is 4.96. The maximum absolute atomic E-state index is 11.8. The van der Waals surface area contributed by atoms with Crippen LogP contribution in [0.3, 0.4) is 0 Å². The lowest BCUT2D eigenvalue weighted by atomic mass is 10.1. The average molecular weight is 287 g/mol. The van der Waals surface area contributed by atoms with Gasteiger partial charge in [0, 0.05) is 11.6 Å². The first-order valence-corrected chi connectivity index (χ1v) is 7.31. The van der Waals surface area contributed by atoms with Crippen LogP contribution < -0.4 is 15.2 Å². The molecule has 18 heavy (non-hydrogen) atoms. The highest BCUT2D eigenvalue weighted by atomic mass is 32.2. The van der Waals surface area contributed by atoms with Gasteiger partial charge in [-0.3, -0.25) is 4.72 Å². The number of rotatable bonds is 5. The SMILES string of the molecule is Cc1ccc(C(N)=S)cc1NS(=O)(=O)NC(C)C. The van der Waals surface area contributed by atoms with Gasteiger partial charge in [0.05, 0.1) is 5.69 Å². The second kappa shape index (κ2) is 5.64. The highest BCUT2D eigenvalue weighted by Crippen LogP contribution is 2.18. The van der Waals surface area contributed by atoms with E-state index < -0.39 is 10.2 Å². The van der Waals surface area contributed by atoms with Gasteiger partial charge in [-0.2, -0.15) is 13.1 Å². The zero-order valence-corrected chi connectivity index (χ0v) is 12.2. The normalized spacial score (nSPS) is 11.6. The Morgan fingerprint density at radius 1 is 1.39 bits per heavy atom. The van der Waals surface area contributed by atoms with Crippen molar-refractivity contribution in [2.75, 3.05) is 4.72 Å². The summed E-state index contributed by atoms with van der Waals surface area (Å²) in [5, 5.41) is 0. The minimum atomic E-state index is -3.58. The van der Waals surface area contributed by atoms with Crippen molar-refractivity contribution in [2.45, 2.75) is 26.8 Å². The molecule has 0 saturated heterocycles. The van der Waals surface area contributed by atoms with Crippen molar-refractivity contribution < 1.29 is 8.42 Å². The molecule has 7 heteroatoms. The topological polar surface area (TPSA) is 84.2 Å². The monoisotopic (exact) mass is 287 g/mol. The summed E-state index contributed by atoms with van der Waals surface area (Å²) in [5.74, 6) is 0. The molecule has 0 aliphatic rings. The van der Waals surface area contributed by atoms with Crippen molar-refractivity contribution in [1.29, 1.82) is 0 Å². The third kappa shape index (κ3) is 4.25. The smallest absolute Gasteiger partial charge is 0.299 e. The standard InChI is InChI=1S/C11H17N3O2S2/c1-7(2)13-18(15,16)14-10-6-9(11(12)17)5-4-8(10)3/h4-7,13-14H,1-3H3,(H2,12,17). The number of benzene rings is 1. The van der Waals surface area contributed by atoms with E-state index in [9.17, 15) is 8.42 Å². The van der Waals surface area contributed by atoms with Gasteiger partial charge in [0.25, 0.3) is 10.2 Å². The van der Waals surface area contributed by atoms with E-state index >= 15 is 0 Å². The van der Waals surface area contributed by atoms with Crippen LogP contribution in [-0.2, 0) is 10.2 Å². The summed E-state index contributed by atoms with van der Waals surface area (Å²) in [5.41, 5.74) is 7.40. The fourth-order valence-corrected chi connectivity index (χ4v) is 2.69. The van der Waals surface area contributed by atoms with E-state index in [2.05, 4.69) is 9.44 Å². The van der Waals surface area contributed by atoms with Crippen molar-refractivity contribution in [2.24, 2.45) is 5.73 Å². The maximum atomic E-state index is 11.8. The van der Waals surface area contributed by atoms with Gasteiger partial charge in [0.15, 0.2) is 0 Å². The predicted octanol–water partition coefficient (Wildman–Crippen LogP) is 1.28. The number of anilines is 1. The molecule has 0 aliphatic heterocycles. The minimum absolute atomic E-state index is 0.179. The van der Waals surface area contributed by atoms with Crippen LogP contribution in [0, 0.1) is 6.92 Å². The molecule has 0 unspecified atom stereocenters. The molecule has 0 aromatic heterocycles. The van der Waals surface area contributed by atoms with Gasteiger partial charge in [0.1, 0.15) is 4.99 Å². The Bertz CT molecular complexity index is 553. The Morgan fingerprint density at radius 2 is 2.00 bits per heavy atom. The predicted molar refractivity (Wildman–Crippen MR) is 77.9 cm³/mol. The molecule has 4 N–H and O–H groups in total. The summed E-state index contributed by atoms with van der Waals surface area (Å²) < 4.78 is 28.4. The van der Waals surface area contributed by atoms with Crippen molar-refractivity contribution in [3.05, 3.63) is 29.3 Å². The van der Waals surface area contributed by atoms with Crippen LogP contribution in [0.25, 0.3) is 0 Å². The van der Waals surface area contributed by atoms with Crippen LogP contribution in [0.5, 0.6) is 0 Å². The Labute approximate surface area is 113 Å². The third-order valence-corrected chi connectivity index (χ3v) is 3.66.